The second-order valence-electron chi connectivity index (χ2n) is 7.10. The fourth-order valence-corrected chi connectivity index (χ4v) is 3.96. The van der Waals surface area contributed by atoms with Gasteiger partial charge in [0.25, 0.3) is 5.91 Å². The van der Waals surface area contributed by atoms with Gasteiger partial charge in [-0.1, -0.05) is 37.6 Å². The average molecular weight is 433 g/mol. The van der Waals surface area contributed by atoms with E-state index in [9.17, 15) is 9.90 Å². The number of hydrogen-bond donors (Lipinski definition) is 4. The van der Waals surface area contributed by atoms with Crippen LogP contribution in [0.15, 0.2) is 36.4 Å². The summed E-state index contributed by atoms with van der Waals surface area (Å²) in [5.74, 6) is -0.209. The van der Waals surface area contributed by atoms with Crippen LogP contribution in [0.3, 0.4) is 0 Å². The molecule has 154 valence electrons. The molecule has 0 radical (unpaired) electrons. The second kappa shape index (κ2) is 9.54. The quantitative estimate of drug-likeness (QED) is 0.432. The molecular weight excluding hydrogens is 408 g/mol. The van der Waals surface area contributed by atoms with Crippen LogP contribution >= 0.6 is 22.9 Å². The third-order valence-corrected chi connectivity index (χ3v) is 5.98. The van der Waals surface area contributed by atoms with Gasteiger partial charge in [-0.2, -0.15) is 0 Å². The minimum Gasteiger partial charge on any atom is -0.391 e. The fourth-order valence-electron chi connectivity index (χ4n) is 2.86. The van der Waals surface area contributed by atoms with Crippen LogP contribution in [0.25, 0.3) is 11.3 Å². The first-order chi connectivity index (χ1) is 13.9. The number of H-pyrrole nitrogens is 1. The molecule has 1 atom stereocenters. The lowest BCUT2D eigenvalue weighted by molar-refractivity contribution is 0.0931. The van der Waals surface area contributed by atoms with E-state index in [0.717, 1.165) is 26.8 Å². The molecule has 0 aliphatic heterocycles. The van der Waals surface area contributed by atoms with E-state index in [4.69, 9.17) is 11.6 Å². The van der Waals surface area contributed by atoms with Crippen molar-refractivity contribution in [2.24, 2.45) is 0 Å². The van der Waals surface area contributed by atoms with Crippen LogP contribution in [0.5, 0.6) is 0 Å². The molecule has 1 aromatic carbocycles. The summed E-state index contributed by atoms with van der Waals surface area (Å²) in [5, 5.41) is 17.3. The monoisotopic (exact) mass is 432 g/mol. The molecule has 6 nitrogen and oxygen atoms in total. The average Bonchev–Trinajstić information content (AvgIpc) is 3.32. The van der Waals surface area contributed by atoms with Crippen LogP contribution in [0, 0.1) is 6.92 Å². The molecule has 2 aromatic heterocycles. The molecule has 0 bridgehead atoms. The Balaban J connectivity index is 1.77. The first-order valence-corrected chi connectivity index (χ1v) is 10.6. The van der Waals surface area contributed by atoms with E-state index in [2.05, 4.69) is 34.4 Å². The topological polar surface area (TPSA) is 90.0 Å². The maximum Gasteiger partial charge on any atom is 0.268 e. The van der Waals surface area contributed by atoms with Gasteiger partial charge in [-0.05, 0) is 36.8 Å². The van der Waals surface area contributed by atoms with Gasteiger partial charge in [-0.15, -0.1) is 11.3 Å². The molecule has 0 aliphatic rings. The summed E-state index contributed by atoms with van der Waals surface area (Å²) in [6, 6.07) is 11.0. The summed E-state index contributed by atoms with van der Waals surface area (Å²) in [4.78, 5) is 21.4. The minimum atomic E-state index is -0.295. The summed E-state index contributed by atoms with van der Waals surface area (Å²) in [7, 11) is 0. The Labute approximate surface area is 179 Å². The van der Waals surface area contributed by atoms with Crippen molar-refractivity contribution in [3.05, 3.63) is 62.7 Å². The molecule has 2 heterocycles. The number of amides is 1. The number of aliphatic hydroxyl groups is 1. The van der Waals surface area contributed by atoms with Crippen LogP contribution in [0.2, 0.25) is 5.02 Å². The Kier molecular flexibility index (Phi) is 7.08. The van der Waals surface area contributed by atoms with Crippen LogP contribution in [-0.4, -0.2) is 33.6 Å². The van der Waals surface area contributed by atoms with Crippen molar-refractivity contribution in [1.29, 1.82) is 0 Å². The molecule has 4 N–H and O–H groups in total. The fraction of sp³-hybridized carbons (Fsp3) is 0.333. The highest BCUT2D eigenvalue weighted by molar-refractivity contribution is 7.11. The Hall–Kier alpha value is -2.19. The van der Waals surface area contributed by atoms with Crippen molar-refractivity contribution in [2.75, 3.05) is 6.54 Å². The van der Waals surface area contributed by atoms with Crippen LogP contribution in [-0.2, 0) is 6.61 Å². The predicted octanol–water partition coefficient (Wildman–Crippen LogP) is 4.06. The number of thiazole rings is 1. The van der Waals surface area contributed by atoms with E-state index in [1.807, 2.05) is 37.3 Å². The Morgan fingerprint density at radius 1 is 1.24 bits per heavy atom. The van der Waals surface area contributed by atoms with Crippen LogP contribution < -0.4 is 10.6 Å². The third-order valence-electron chi connectivity index (χ3n) is 4.47. The summed E-state index contributed by atoms with van der Waals surface area (Å²) in [6.45, 7) is 6.46. The molecule has 29 heavy (non-hydrogen) atoms. The van der Waals surface area contributed by atoms with Crippen molar-refractivity contribution >= 4 is 28.8 Å². The number of aromatic amines is 1. The standard InChI is InChI=1S/C21H25ClN4O2S/c1-12(2)23-10-18(21-24-13(3)19(11-27)29-21)26-20(28)17-9-8-16(25-17)14-4-6-15(22)7-5-14/h4-9,12,18,23,25,27H,10-11H2,1-3H3,(H,26,28). The Bertz CT molecular complexity index is 965. The van der Waals surface area contributed by atoms with Gasteiger partial charge in [0, 0.05) is 23.3 Å². The third kappa shape index (κ3) is 5.45. The Morgan fingerprint density at radius 2 is 1.97 bits per heavy atom. The Morgan fingerprint density at radius 3 is 2.59 bits per heavy atom. The maximum absolute atomic E-state index is 12.9. The molecule has 8 heteroatoms. The highest BCUT2D eigenvalue weighted by Crippen LogP contribution is 2.25. The number of nitrogens with zero attached hydrogens (tertiary/aromatic N) is 1. The summed E-state index contributed by atoms with van der Waals surface area (Å²) in [6.07, 6.45) is 0. The lowest BCUT2D eigenvalue weighted by Crippen LogP contribution is -2.38. The number of benzene rings is 1. The van der Waals surface area contributed by atoms with Gasteiger partial charge in [-0.25, -0.2) is 4.98 Å². The number of halogens is 1. The maximum atomic E-state index is 12.9. The van der Waals surface area contributed by atoms with E-state index in [-0.39, 0.29) is 24.6 Å². The number of aryl methyl sites for hydroxylation is 1. The molecule has 0 spiro atoms. The van der Waals surface area contributed by atoms with Gasteiger partial charge in [0.05, 0.1) is 23.2 Å². The van der Waals surface area contributed by atoms with Gasteiger partial charge < -0.3 is 20.7 Å². The van der Waals surface area contributed by atoms with Crippen LogP contribution in [0.1, 0.15) is 46.0 Å². The van der Waals surface area contributed by atoms with Gasteiger partial charge in [0.2, 0.25) is 0 Å². The van der Waals surface area contributed by atoms with E-state index in [1.165, 1.54) is 11.3 Å². The zero-order chi connectivity index (χ0) is 21.0. The molecule has 3 rings (SSSR count). The van der Waals surface area contributed by atoms with E-state index >= 15 is 0 Å². The minimum absolute atomic E-state index is 0.0527. The number of hydrogen-bond acceptors (Lipinski definition) is 5. The molecule has 0 saturated carbocycles. The highest BCUT2D eigenvalue weighted by atomic mass is 35.5. The molecule has 1 amide bonds. The number of carbonyl (C=O) groups is 1. The number of nitrogens with one attached hydrogen (secondary N) is 3. The van der Waals surface area contributed by atoms with Crippen LogP contribution in [0.4, 0.5) is 0 Å². The lowest BCUT2D eigenvalue weighted by atomic mass is 10.2. The summed E-state index contributed by atoms with van der Waals surface area (Å²) >= 11 is 7.37. The van der Waals surface area contributed by atoms with E-state index < -0.39 is 0 Å². The zero-order valence-electron chi connectivity index (χ0n) is 16.6. The zero-order valence-corrected chi connectivity index (χ0v) is 18.2. The van der Waals surface area contributed by atoms with Crippen molar-refractivity contribution < 1.29 is 9.90 Å². The number of aromatic nitrogens is 2. The van der Waals surface area contributed by atoms with E-state index in [1.54, 1.807) is 6.07 Å². The first kappa shape index (κ1) is 21.5. The highest BCUT2D eigenvalue weighted by Gasteiger charge is 2.21. The number of rotatable bonds is 8. The van der Waals surface area contributed by atoms with Gasteiger partial charge in [-0.3, -0.25) is 4.79 Å². The molecular formula is C21H25ClN4O2S. The molecule has 0 aliphatic carbocycles. The summed E-state index contributed by atoms with van der Waals surface area (Å²) < 4.78 is 0. The van der Waals surface area contributed by atoms with Gasteiger partial charge in [0.1, 0.15) is 10.7 Å². The summed E-state index contributed by atoms with van der Waals surface area (Å²) in [5.41, 5.74) is 3.06. The number of aliphatic hydroxyl groups excluding tert-OH is 1. The molecule has 0 fully saturated rings. The first-order valence-electron chi connectivity index (χ1n) is 9.43. The lowest BCUT2D eigenvalue weighted by Gasteiger charge is -2.18. The largest absolute Gasteiger partial charge is 0.391 e. The second-order valence-corrected chi connectivity index (χ2v) is 8.65. The molecule has 0 saturated heterocycles. The van der Waals surface area contributed by atoms with Gasteiger partial charge in [0.15, 0.2) is 0 Å². The number of carbonyl (C=O) groups excluding carboxylic acids is 1. The van der Waals surface area contributed by atoms with Crippen molar-refractivity contribution in [3.8, 4) is 11.3 Å². The molecule has 3 aromatic rings. The normalized spacial score (nSPS) is 12.3. The van der Waals surface area contributed by atoms with Crippen molar-refractivity contribution in [2.45, 2.75) is 39.5 Å². The SMILES string of the molecule is Cc1nc(C(CNC(C)C)NC(=O)c2ccc(-c3ccc(Cl)cc3)[nH]2)sc1CO. The van der Waals surface area contributed by atoms with Crippen molar-refractivity contribution in [1.82, 2.24) is 20.6 Å². The van der Waals surface area contributed by atoms with Crippen molar-refractivity contribution in [3.63, 3.8) is 0 Å². The molecule has 1 unspecified atom stereocenters. The van der Waals surface area contributed by atoms with E-state index in [0.29, 0.717) is 17.3 Å². The predicted molar refractivity (Wildman–Crippen MR) is 117 cm³/mol. The van der Waals surface area contributed by atoms with Gasteiger partial charge >= 0.3 is 0 Å². The smallest absolute Gasteiger partial charge is 0.268 e.